The van der Waals surface area contributed by atoms with E-state index in [0.717, 1.165) is 89.9 Å². The van der Waals surface area contributed by atoms with Crippen LogP contribution in [0.15, 0.2) is 48.6 Å². The van der Waals surface area contributed by atoms with E-state index in [0.29, 0.717) is 19.3 Å². The molecule has 0 amide bonds. The van der Waals surface area contributed by atoms with Crippen LogP contribution in [0.2, 0.25) is 0 Å². The largest absolute Gasteiger partial charge is 0.462 e. The summed E-state index contributed by atoms with van der Waals surface area (Å²) in [6.45, 7) is 6.61. The molecule has 0 fully saturated rings. The van der Waals surface area contributed by atoms with Gasteiger partial charge in [-0.15, -0.1) is 0 Å². The first kappa shape index (κ1) is 74.4. The molecule has 0 bridgehead atoms. The Labute approximate surface area is 479 Å². The number of ether oxygens (including phenoxy) is 3. The average Bonchev–Trinajstić information content (AvgIpc) is 3.43. The minimum atomic E-state index is -0.783. The normalized spacial score (nSPS) is 12.3. The SMILES string of the molecule is CCCC/C=C\C/C=C\CCCCCCCC(=O)OCC(COC(=O)CCCCCCCCCCCCCCCCCCCCCCCCCCCCCC)OC(=O)CCCCCCCCC/C=C\C/C=C\CCCCC. The molecule has 0 saturated heterocycles. The van der Waals surface area contributed by atoms with Gasteiger partial charge in [-0.1, -0.05) is 320 Å². The van der Waals surface area contributed by atoms with Gasteiger partial charge in [-0.05, 0) is 77.0 Å². The third-order valence-electron chi connectivity index (χ3n) is 15.3. The molecule has 0 radical (unpaired) electrons. The van der Waals surface area contributed by atoms with E-state index in [9.17, 15) is 14.4 Å². The van der Waals surface area contributed by atoms with Crippen LogP contribution in [0.4, 0.5) is 0 Å². The number of unbranched alkanes of at least 4 members (excludes halogenated alkanes) is 44. The van der Waals surface area contributed by atoms with E-state index in [2.05, 4.69) is 69.4 Å². The van der Waals surface area contributed by atoms with Crippen molar-refractivity contribution in [1.29, 1.82) is 0 Å². The van der Waals surface area contributed by atoms with Crippen LogP contribution in [0.25, 0.3) is 0 Å². The van der Waals surface area contributed by atoms with Gasteiger partial charge in [0.1, 0.15) is 13.2 Å². The molecular weight excluding hydrogens is 949 g/mol. The van der Waals surface area contributed by atoms with E-state index < -0.39 is 6.10 Å². The van der Waals surface area contributed by atoms with Crippen molar-refractivity contribution in [3.8, 4) is 0 Å². The Hall–Kier alpha value is -2.63. The molecule has 0 aromatic carbocycles. The number of rotatable bonds is 63. The molecule has 0 N–H and O–H groups in total. The van der Waals surface area contributed by atoms with Gasteiger partial charge in [0.15, 0.2) is 6.10 Å². The minimum Gasteiger partial charge on any atom is -0.462 e. The zero-order chi connectivity index (χ0) is 55.7. The molecule has 0 aromatic heterocycles. The van der Waals surface area contributed by atoms with Gasteiger partial charge in [0.25, 0.3) is 0 Å². The second kappa shape index (κ2) is 65.9. The van der Waals surface area contributed by atoms with Crippen LogP contribution in [0, 0.1) is 0 Å². The second-order valence-electron chi connectivity index (χ2n) is 23.1. The van der Waals surface area contributed by atoms with Gasteiger partial charge in [-0.2, -0.15) is 0 Å². The standard InChI is InChI=1S/C71H130O6/c1-4-7-10-13-16-19-22-25-28-30-31-32-33-34-35-36-37-38-39-40-42-43-46-49-52-55-58-61-64-70(73)76-67-68(66-75-69(72)63-60-57-54-51-48-45-27-24-21-18-15-12-9-6-3)77-71(74)65-62-59-56-53-50-47-44-41-29-26-23-20-17-14-11-8-5-2/h15,17-18,20,24,26-27,29,68H,4-14,16,19,21-23,25,28,30-67H2,1-3H3/b18-15-,20-17-,27-24-,29-26-. The van der Waals surface area contributed by atoms with Crippen LogP contribution in [0.1, 0.15) is 367 Å². The Bertz CT molecular complexity index is 1330. The Morgan fingerprint density at radius 3 is 0.779 bits per heavy atom. The maximum atomic E-state index is 12.9. The second-order valence-corrected chi connectivity index (χ2v) is 23.1. The van der Waals surface area contributed by atoms with E-state index >= 15 is 0 Å². The Kier molecular flexibility index (Phi) is 63.6. The van der Waals surface area contributed by atoms with Gasteiger partial charge in [0.05, 0.1) is 0 Å². The molecule has 0 aliphatic carbocycles. The van der Waals surface area contributed by atoms with Crippen LogP contribution in [-0.2, 0) is 28.6 Å². The molecule has 0 aliphatic heterocycles. The van der Waals surface area contributed by atoms with Crippen LogP contribution in [0.5, 0.6) is 0 Å². The summed E-state index contributed by atoms with van der Waals surface area (Å²) in [6, 6.07) is 0. The lowest BCUT2D eigenvalue weighted by molar-refractivity contribution is -0.167. The van der Waals surface area contributed by atoms with Crippen LogP contribution in [-0.4, -0.2) is 37.2 Å². The highest BCUT2D eigenvalue weighted by Gasteiger charge is 2.19. The lowest BCUT2D eigenvalue weighted by Crippen LogP contribution is -2.30. The van der Waals surface area contributed by atoms with Crippen molar-refractivity contribution in [3.63, 3.8) is 0 Å². The molecular formula is C71H130O6. The highest BCUT2D eigenvalue weighted by molar-refractivity contribution is 5.71. The number of carbonyl (C=O) groups excluding carboxylic acids is 3. The topological polar surface area (TPSA) is 78.9 Å². The first-order valence-electron chi connectivity index (χ1n) is 34.1. The summed E-state index contributed by atoms with van der Waals surface area (Å²) >= 11 is 0. The fourth-order valence-electron chi connectivity index (χ4n) is 10.1. The molecule has 0 spiro atoms. The monoisotopic (exact) mass is 1080 g/mol. The molecule has 0 aromatic rings. The predicted molar refractivity (Wildman–Crippen MR) is 335 cm³/mol. The zero-order valence-corrected chi connectivity index (χ0v) is 51.7. The van der Waals surface area contributed by atoms with Crippen LogP contribution >= 0.6 is 0 Å². The average molecular weight is 1080 g/mol. The van der Waals surface area contributed by atoms with Gasteiger partial charge < -0.3 is 14.2 Å². The summed E-state index contributed by atoms with van der Waals surface area (Å²) in [5.74, 6) is -0.878. The number of carbonyl (C=O) groups is 3. The Balaban J connectivity index is 4.21. The molecule has 0 aliphatic rings. The summed E-state index contributed by atoms with van der Waals surface area (Å²) < 4.78 is 16.9. The first-order valence-corrected chi connectivity index (χ1v) is 34.1. The molecule has 0 saturated carbocycles. The molecule has 0 heterocycles. The summed E-state index contributed by atoms with van der Waals surface area (Å²) in [5.41, 5.74) is 0. The van der Waals surface area contributed by atoms with Crippen molar-refractivity contribution in [2.24, 2.45) is 0 Å². The number of allylic oxidation sites excluding steroid dienone is 8. The van der Waals surface area contributed by atoms with E-state index in [1.807, 2.05) is 0 Å². The number of hydrogen-bond acceptors (Lipinski definition) is 6. The maximum Gasteiger partial charge on any atom is 0.306 e. The predicted octanol–water partition coefficient (Wildman–Crippen LogP) is 23.3. The van der Waals surface area contributed by atoms with Crippen molar-refractivity contribution < 1.29 is 28.6 Å². The lowest BCUT2D eigenvalue weighted by Gasteiger charge is -2.18. The maximum absolute atomic E-state index is 12.9. The van der Waals surface area contributed by atoms with E-state index in [4.69, 9.17) is 14.2 Å². The van der Waals surface area contributed by atoms with E-state index in [1.165, 1.54) is 238 Å². The molecule has 6 nitrogen and oxygen atoms in total. The molecule has 77 heavy (non-hydrogen) atoms. The van der Waals surface area contributed by atoms with Crippen molar-refractivity contribution in [3.05, 3.63) is 48.6 Å². The Morgan fingerprint density at radius 2 is 0.481 bits per heavy atom. The summed E-state index contributed by atoms with van der Waals surface area (Å²) in [6.07, 6.45) is 82.8. The molecule has 1 unspecified atom stereocenters. The van der Waals surface area contributed by atoms with Gasteiger partial charge in [0.2, 0.25) is 0 Å². The molecule has 6 heteroatoms. The minimum absolute atomic E-state index is 0.0775. The molecule has 450 valence electrons. The first-order chi connectivity index (χ1) is 38.0. The van der Waals surface area contributed by atoms with Crippen LogP contribution in [0.3, 0.4) is 0 Å². The van der Waals surface area contributed by atoms with Crippen molar-refractivity contribution >= 4 is 17.9 Å². The third-order valence-corrected chi connectivity index (χ3v) is 15.3. The van der Waals surface area contributed by atoms with Crippen molar-refractivity contribution in [2.45, 2.75) is 374 Å². The number of esters is 3. The summed E-state index contributed by atoms with van der Waals surface area (Å²) in [5, 5.41) is 0. The Morgan fingerprint density at radius 1 is 0.260 bits per heavy atom. The molecule has 1 atom stereocenters. The van der Waals surface area contributed by atoms with Gasteiger partial charge in [0, 0.05) is 19.3 Å². The lowest BCUT2D eigenvalue weighted by atomic mass is 10.0. The zero-order valence-electron chi connectivity index (χ0n) is 51.7. The summed E-state index contributed by atoms with van der Waals surface area (Å²) in [7, 11) is 0. The molecule has 0 rings (SSSR count). The van der Waals surface area contributed by atoms with Gasteiger partial charge >= 0.3 is 17.9 Å². The van der Waals surface area contributed by atoms with Gasteiger partial charge in [-0.25, -0.2) is 0 Å². The van der Waals surface area contributed by atoms with Crippen molar-refractivity contribution in [1.82, 2.24) is 0 Å². The number of hydrogen-bond donors (Lipinski definition) is 0. The highest BCUT2D eigenvalue weighted by atomic mass is 16.6. The van der Waals surface area contributed by atoms with Gasteiger partial charge in [-0.3, -0.25) is 14.4 Å². The third kappa shape index (κ3) is 64.1. The highest BCUT2D eigenvalue weighted by Crippen LogP contribution is 2.18. The smallest absolute Gasteiger partial charge is 0.306 e. The fraction of sp³-hybridized carbons (Fsp3) is 0.845. The van der Waals surface area contributed by atoms with E-state index in [-0.39, 0.29) is 31.1 Å². The fourth-order valence-corrected chi connectivity index (χ4v) is 10.1. The summed E-state index contributed by atoms with van der Waals surface area (Å²) in [4.78, 5) is 38.3. The quantitative estimate of drug-likeness (QED) is 0.0261. The van der Waals surface area contributed by atoms with E-state index in [1.54, 1.807) is 0 Å². The van der Waals surface area contributed by atoms with Crippen molar-refractivity contribution in [2.75, 3.05) is 13.2 Å². The van der Waals surface area contributed by atoms with Crippen LogP contribution < -0.4 is 0 Å².